The quantitative estimate of drug-likeness (QED) is 0.465. The van der Waals surface area contributed by atoms with Gasteiger partial charge in [-0.05, 0) is 24.1 Å². The van der Waals surface area contributed by atoms with Crippen LogP contribution in [-0.2, 0) is 11.2 Å². The summed E-state index contributed by atoms with van der Waals surface area (Å²) in [5, 5.41) is 12.5. The van der Waals surface area contributed by atoms with Crippen molar-refractivity contribution in [1.82, 2.24) is 0 Å². The molecule has 1 aromatic rings. The van der Waals surface area contributed by atoms with E-state index in [1.807, 2.05) is 12.1 Å². The standard InChI is InChI=1S/C11H12N2O3/c1-2-3-9-4-6-10(7-5-9)12-11(14)8-13(15)16/h2,4-7H,1,3,8H2,(H,12,14). The predicted molar refractivity (Wildman–Crippen MR) is 60.8 cm³/mol. The monoisotopic (exact) mass is 220 g/mol. The van der Waals surface area contributed by atoms with E-state index in [9.17, 15) is 14.9 Å². The van der Waals surface area contributed by atoms with E-state index in [4.69, 9.17) is 0 Å². The molecule has 1 rings (SSSR count). The maximum atomic E-state index is 11.1. The zero-order chi connectivity index (χ0) is 12.0. The molecule has 16 heavy (non-hydrogen) atoms. The third kappa shape index (κ3) is 3.91. The summed E-state index contributed by atoms with van der Waals surface area (Å²) < 4.78 is 0. The second-order valence-electron chi connectivity index (χ2n) is 3.23. The topological polar surface area (TPSA) is 72.2 Å². The fourth-order valence-corrected chi connectivity index (χ4v) is 1.21. The van der Waals surface area contributed by atoms with Gasteiger partial charge in [0.05, 0.1) is 0 Å². The Labute approximate surface area is 92.9 Å². The number of benzene rings is 1. The molecule has 5 heteroatoms. The molecule has 1 aromatic carbocycles. The summed E-state index contributed by atoms with van der Waals surface area (Å²) >= 11 is 0. The largest absolute Gasteiger partial charge is 0.320 e. The Morgan fingerprint density at radius 1 is 1.44 bits per heavy atom. The van der Waals surface area contributed by atoms with Crippen LogP contribution in [0.1, 0.15) is 5.56 Å². The van der Waals surface area contributed by atoms with Crippen molar-refractivity contribution in [2.75, 3.05) is 11.9 Å². The maximum Gasteiger partial charge on any atom is 0.296 e. The van der Waals surface area contributed by atoms with Crippen LogP contribution in [0.2, 0.25) is 0 Å². The molecule has 0 saturated carbocycles. The van der Waals surface area contributed by atoms with E-state index in [2.05, 4.69) is 11.9 Å². The lowest BCUT2D eigenvalue weighted by molar-refractivity contribution is -0.467. The molecule has 0 aliphatic heterocycles. The zero-order valence-electron chi connectivity index (χ0n) is 8.68. The van der Waals surface area contributed by atoms with Crippen molar-refractivity contribution in [1.29, 1.82) is 0 Å². The third-order valence-corrected chi connectivity index (χ3v) is 1.89. The van der Waals surface area contributed by atoms with Crippen LogP contribution >= 0.6 is 0 Å². The Hall–Kier alpha value is -2.17. The summed E-state index contributed by atoms with van der Waals surface area (Å²) in [5.41, 5.74) is 1.63. The second kappa shape index (κ2) is 5.65. The number of anilines is 1. The van der Waals surface area contributed by atoms with Crippen molar-refractivity contribution in [3.63, 3.8) is 0 Å². The number of nitrogens with one attached hydrogen (secondary N) is 1. The van der Waals surface area contributed by atoms with Gasteiger partial charge in [-0.25, -0.2) is 0 Å². The molecule has 5 nitrogen and oxygen atoms in total. The van der Waals surface area contributed by atoms with Crippen LogP contribution in [0.25, 0.3) is 0 Å². The van der Waals surface area contributed by atoms with Crippen LogP contribution in [0, 0.1) is 10.1 Å². The molecule has 0 aliphatic carbocycles. The van der Waals surface area contributed by atoms with Crippen molar-refractivity contribution < 1.29 is 9.72 Å². The molecule has 1 N–H and O–H groups in total. The van der Waals surface area contributed by atoms with Gasteiger partial charge in [-0.15, -0.1) is 6.58 Å². The van der Waals surface area contributed by atoms with Crippen LogP contribution < -0.4 is 5.32 Å². The highest BCUT2D eigenvalue weighted by Crippen LogP contribution is 2.10. The lowest BCUT2D eigenvalue weighted by atomic mass is 10.1. The van der Waals surface area contributed by atoms with Crippen LogP contribution in [-0.4, -0.2) is 17.4 Å². The molecule has 0 aliphatic rings. The van der Waals surface area contributed by atoms with Crippen molar-refractivity contribution >= 4 is 11.6 Å². The van der Waals surface area contributed by atoms with E-state index in [-0.39, 0.29) is 0 Å². The van der Waals surface area contributed by atoms with Gasteiger partial charge in [0.2, 0.25) is 0 Å². The highest BCUT2D eigenvalue weighted by molar-refractivity contribution is 5.91. The van der Waals surface area contributed by atoms with Crippen LogP contribution in [0.3, 0.4) is 0 Å². The SMILES string of the molecule is C=CCc1ccc(NC(=O)C[N+](=O)[O-])cc1. The zero-order valence-corrected chi connectivity index (χ0v) is 8.68. The minimum Gasteiger partial charge on any atom is -0.320 e. The summed E-state index contributed by atoms with van der Waals surface area (Å²) in [6, 6.07) is 7.08. The Morgan fingerprint density at radius 2 is 2.06 bits per heavy atom. The lowest BCUT2D eigenvalue weighted by Crippen LogP contribution is -2.21. The van der Waals surface area contributed by atoms with Crippen LogP contribution in [0.4, 0.5) is 5.69 Å². The molecule has 0 atom stereocenters. The second-order valence-corrected chi connectivity index (χ2v) is 3.23. The van der Waals surface area contributed by atoms with Gasteiger partial charge in [0.15, 0.2) is 0 Å². The third-order valence-electron chi connectivity index (χ3n) is 1.89. The maximum absolute atomic E-state index is 11.1. The first-order valence-electron chi connectivity index (χ1n) is 4.73. The Bertz CT molecular complexity index is 398. The molecule has 0 bridgehead atoms. The molecule has 1 amide bonds. The molecular formula is C11H12N2O3. The number of carbonyl (C=O) groups is 1. The predicted octanol–water partition coefficient (Wildman–Crippen LogP) is 1.63. The molecule has 0 heterocycles. The van der Waals surface area contributed by atoms with Gasteiger partial charge in [-0.1, -0.05) is 18.2 Å². The van der Waals surface area contributed by atoms with Crippen molar-refractivity contribution in [3.05, 3.63) is 52.6 Å². The first-order valence-corrected chi connectivity index (χ1v) is 4.73. The number of nitrogens with zero attached hydrogens (tertiary/aromatic N) is 1. The van der Waals surface area contributed by atoms with Crippen molar-refractivity contribution in [2.45, 2.75) is 6.42 Å². The molecular weight excluding hydrogens is 208 g/mol. The van der Waals surface area contributed by atoms with Gasteiger partial charge in [0.1, 0.15) is 0 Å². The summed E-state index contributed by atoms with van der Waals surface area (Å²) in [7, 11) is 0. The summed E-state index contributed by atoms with van der Waals surface area (Å²) in [6.45, 7) is 2.90. The minimum absolute atomic E-state index is 0.555. The van der Waals surface area contributed by atoms with E-state index < -0.39 is 17.4 Å². The fourth-order valence-electron chi connectivity index (χ4n) is 1.21. The molecule has 0 unspecified atom stereocenters. The average molecular weight is 220 g/mol. The normalized spacial score (nSPS) is 9.50. The van der Waals surface area contributed by atoms with E-state index in [1.165, 1.54) is 0 Å². The first-order chi connectivity index (χ1) is 7.61. The minimum atomic E-state index is -0.714. The molecule has 0 radical (unpaired) electrons. The summed E-state index contributed by atoms with van der Waals surface area (Å²) in [5.74, 6) is -0.624. The Morgan fingerprint density at radius 3 is 2.56 bits per heavy atom. The number of hydrogen-bond acceptors (Lipinski definition) is 3. The van der Waals surface area contributed by atoms with Crippen LogP contribution in [0.15, 0.2) is 36.9 Å². The van der Waals surface area contributed by atoms with Crippen molar-refractivity contribution in [2.24, 2.45) is 0 Å². The van der Waals surface area contributed by atoms with Crippen LogP contribution in [0.5, 0.6) is 0 Å². The number of rotatable bonds is 5. The number of carbonyl (C=O) groups excluding carboxylic acids is 1. The summed E-state index contributed by atoms with van der Waals surface area (Å²) in [6.07, 6.45) is 2.53. The highest BCUT2D eigenvalue weighted by atomic mass is 16.6. The number of nitro groups is 1. The lowest BCUT2D eigenvalue weighted by Gasteiger charge is -2.03. The van der Waals surface area contributed by atoms with E-state index in [0.717, 1.165) is 12.0 Å². The number of amides is 1. The molecule has 0 saturated heterocycles. The average Bonchev–Trinajstić information content (AvgIpc) is 2.20. The first kappa shape index (κ1) is 11.9. The number of allylic oxidation sites excluding steroid dienone is 1. The molecule has 0 fully saturated rings. The highest BCUT2D eigenvalue weighted by Gasteiger charge is 2.08. The van der Waals surface area contributed by atoms with Gasteiger partial charge in [-0.3, -0.25) is 14.9 Å². The molecule has 0 aromatic heterocycles. The molecule has 0 spiro atoms. The van der Waals surface area contributed by atoms with Crippen molar-refractivity contribution in [3.8, 4) is 0 Å². The van der Waals surface area contributed by atoms with Gasteiger partial charge >= 0.3 is 0 Å². The Balaban J connectivity index is 2.57. The molecule has 84 valence electrons. The van der Waals surface area contributed by atoms with E-state index in [1.54, 1.807) is 18.2 Å². The van der Waals surface area contributed by atoms with Gasteiger partial charge in [-0.2, -0.15) is 0 Å². The van der Waals surface area contributed by atoms with E-state index >= 15 is 0 Å². The van der Waals surface area contributed by atoms with E-state index in [0.29, 0.717) is 5.69 Å². The van der Waals surface area contributed by atoms with Gasteiger partial charge < -0.3 is 5.32 Å². The smallest absolute Gasteiger partial charge is 0.296 e. The van der Waals surface area contributed by atoms with Gasteiger partial charge in [0.25, 0.3) is 12.5 Å². The summed E-state index contributed by atoms with van der Waals surface area (Å²) in [4.78, 5) is 20.5. The van der Waals surface area contributed by atoms with Gasteiger partial charge in [0, 0.05) is 10.6 Å². The fraction of sp³-hybridized carbons (Fsp3) is 0.182. The Kier molecular flexibility index (Phi) is 4.20. The number of hydrogen-bond donors (Lipinski definition) is 1.